The number of amides is 8. The zero-order chi connectivity index (χ0) is 60.3. The topological polar surface area (TPSA) is 389 Å². The molecule has 1 fully saturated rings. The summed E-state index contributed by atoms with van der Waals surface area (Å²) in [4.78, 5) is 109. The first kappa shape index (κ1) is 75.5. The van der Waals surface area contributed by atoms with Crippen LogP contribution in [0.5, 0.6) is 0 Å². The molecule has 20 N–H and O–H groups in total. The van der Waals surface area contributed by atoms with Crippen LogP contribution >= 0.6 is 0 Å². The van der Waals surface area contributed by atoms with Crippen LogP contribution in [0.15, 0.2) is 0 Å². The molecule has 0 bridgehead atoms. The van der Waals surface area contributed by atoms with E-state index in [0.29, 0.717) is 181 Å². The maximum atomic E-state index is 14.0. The first-order valence-corrected chi connectivity index (χ1v) is 32.4. The van der Waals surface area contributed by atoms with Gasteiger partial charge in [-0.1, -0.05) is 89.9 Å². The van der Waals surface area contributed by atoms with E-state index in [0.717, 1.165) is 103 Å². The van der Waals surface area contributed by atoms with Gasteiger partial charge in [-0.25, -0.2) is 0 Å². The number of hydrogen-bond donors (Lipinski definition) is 14. The smallest absolute Gasteiger partial charge is 0.243 e. The third-order valence-electron chi connectivity index (χ3n) is 15.3. The molecule has 8 amide bonds. The molecule has 0 aromatic rings. The molecule has 22 nitrogen and oxygen atoms in total. The molecule has 0 spiro atoms. The lowest BCUT2D eigenvalue weighted by Crippen LogP contribution is -2.56. The van der Waals surface area contributed by atoms with Crippen molar-refractivity contribution >= 4 is 47.3 Å². The monoisotopic (exact) mass is 1160 g/mol. The highest BCUT2D eigenvalue weighted by Gasteiger charge is 2.31. The van der Waals surface area contributed by atoms with E-state index in [-0.39, 0.29) is 36.5 Å². The lowest BCUT2D eigenvalue weighted by Gasteiger charge is -2.25. The van der Waals surface area contributed by atoms with Crippen molar-refractivity contribution in [3.8, 4) is 0 Å². The summed E-state index contributed by atoms with van der Waals surface area (Å²) in [6.45, 7) is 3.57. The molecular weight excluding hydrogens is 1040 g/mol. The molecule has 476 valence electrons. The van der Waals surface area contributed by atoms with Gasteiger partial charge in [0.05, 0.1) is 0 Å². The number of carbonyl (C=O) groups is 8. The minimum absolute atomic E-state index is 0.224. The minimum atomic E-state index is -0.934. The second-order valence-electron chi connectivity index (χ2n) is 22.6. The molecule has 1 aliphatic rings. The van der Waals surface area contributed by atoms with Gasteiger partial charge in [-0.3, -0.25) is 38.4 Å². The predicted molar refractivity (Wildman–Crippen MR) is 327 cm³/mol. The van der Waals surface area contributed by atoms with Crippen LogP contribution in [0, 0.1) is 0 Å². The third-order valence-corrected chi connectivity index (χ3v) is 15.3. The lowest BCUT2D eigenvalue weighted by molar-refractivity contribution is -0.134. The van der Waals surface area contributed by atoms with Crippen LogP contribution < -0.4 is 76.9 Å². The number of hydrogen-bond acceptors (Lipinski definition) is 14. The Morgan fingerprint density at radius 1 is 0.244 bits per heavy atom. The number of carbonyl (C=O) groups excluding carboxylic acids is 8. The van der Waals surface area contributed by atoms with Gasteiger partial charge in [-0.2, -0.15) is 0 Å². The average Bonchev–Trinajstić information content (AvgIpc) is 3.49. The maximum Gasteiger partial charge on any atom is 0.243 e. The Labute approximate surface area is 493 Å². The Kier molecular flexibility index (Phi) is 48.0. The molecule has 0 saturated carbocycles. The van der Waals surface area contributed by atoms with Crippen LogP contribution in [-0.2, 0) is 38.4 Å². The van der Waals surface area contributed by atoms with E-state index < -0.39 is 59.9 Å². The molecule has 0 aromatic carbocycles. The van der Waals surface area contributed by atoms with Crippen molar-refractivity contribution in [3.63, 3.8) is 0 Å². The number of nitrogens with two attached hydrogens (primary N) is 6. The molecule has 6 unspecified atom stereocenters. The number of rotatable bonds is 24. The van der Waals surface area contributed by atoms with Crippen molar-refractivity contribution < 1.29 is 38.4 Å². The number of nitrogens with one attached hydrogen (secondary N) is 8. The lowest BCUT2D eigenvalue weighted by atomic mass is 10.0. The van der Waals surface area contributed by atoms with E-state index in [1.807, 2.05) is 0 Å². The van der Waals surface area contributed by atoms with Crippen molar-refractivity contribution in [1.29, 1.82) is 0 Å². The molecule has 0 aromatic heterocycles. The van der Waals surface area contributed by atoms with Gasteiger partial charge >= 0.3 is 0 Å². The van der Waals surface area contributed by atoms with Gasteiger partial charge in [-0.05, 0) is 181 Å². The van der Waals surface area contributed by atoms with Crippen LogP contribution in [0.2, 0.25) is 0 Å². The SMILES string of the molecule is NCCCCC1NC(=O)CCCCCCCCCCCNC(=O)C(CCCCN)NC(=O)C(CCCCN)NC(=O)C(CCCCN)NC(=O)CCCCCCCCCCCNC(=O)C(CCCCN)NC(=O)C(CCCCN)NC1=O. The summed E-state index contributed by atoms with van der Waals surface area (Å²) in [5.41, 5.74) is 34.7. The molecule has 82 heavy (non-hydrogen) atoms. The molecular formula is C60H118N14O8. The predicted octanol–water partition coefficient (Wildman–Crippen LogP) is 3.72. The van der Waals surface area contributed by atoms with Gasteiger partial charge in [0.15, 0.2) is 0 Å². The molecule has 6 atom stereocenters. The van der Waals surface area contributed by atoms with Crippen molar-refractivity contribution in [1.82, 2.24) is 42.5 Å². The molecule has 1 rings (SSSR count). The van der Waals surface area contributed by atoms with Crippen LogP contribution in [0.3, 0.4) is 0 Å². The fraction of sp³-hybridized carbons (Fsp3) is 0.867. The third kappa shape index (κ3) is 39.1. The van der Waals surface area contributed by atoms with Crippen LogP contribution in [0.1, 0.15) is 244 Å². The van der Waals surface area contributed by atoms with Crippen molar-refractivity contribution in [2.75, 3.05) is 52.4 Å². The van der Waals surface area contributed by atoms with Crippen molar-refractivity contribution in [3.05, 3.63) is 0 Å². The molecule has 0 aliphatic carbocycles. The van der Waals surface area contributed by atoms with Crippen LogP contribution in [0.4, 0.5) is 0 Å². The first-order chi connectivity index (χ1) is 39.8. The van der Waals surface area contributed by atoms with Gasteiger partial charge in [0.1, 0.15) is 36.3 Å². The molecule has 1 saturated heterocycles. The summed E-state index contributed by atoms with van der Waals surface area (Å²) in [5, 5.41) is 23.6. The Morgan fingerprint density at radius 3 is 0.671 bits per heavy atom. The van der Waals surface area contributed by atoms with E-state index in [4.69, 9.17) is 34.4 Å². The van der Waals surface area contributed by atoms with E-state index >= 15 is 0 Å². The van der Waals surface area contributed by atoms with Gasteiger partial charge in [0.25, 0.3) is 0 Å². The highest BCUT2D eigenvalue weighted by Crippen LogP contribution is 2.15. The molecule has 22 heteroatoms. The quantitative estimate of drug-likeness (QED) is 0.0613. The zero-order valence-electron chi connectivity index (χ0n) is 50.7. The summed E-state index contributed by atoms with van der Waals surface area (Å²) < 4.78 is 0. The highest BCUT2D eigenvalue weighted by molar-refractivity contribution is 5.95. The van der Waals surface area contributed by atoms with E-state index in [9.17, 15) is 38.4 Å². The van der Waals surface area contributed by atoms with Gasteiger partial charge in [0, 0.05) is 25.9 Å². The van der Waals surface area contributed by atoms with Gasteiger partial charge in [0.2, 0.25) is 47.3 Å². The summed E-state index contributed by atoms with van der Waals surface area (Å²) in [6.07, 6.45) is 27.0. The fourth-order valence-corrected chi connectivity index (χ4v) is 10.2. The fourth-order valence-electron chi connectivity index (χ4n) is 10.2. The number of unbranched alkanes of at least 4 members (excludes halogenated alkanes) is 6. The van der Waals surface area contributed by atoms with Crippen molar-refractivity contribution in [2.24, 2.45) is 34.4 Å². The minimum Gasteiger partial charge on any atom is -0.354 e. The Bertz CT molecular complexity index is 1600. The summed E-state index contributed by atoms with van der Waals surface area (Å²) >= 11 is 0. The standard InChI is InChI=1S/C60H118N14O8/c61-39-23-17-31-47-55(77)67-45-29-13-9-5-1-3-7-11-15-37-53(75)69-49(33-19-25-41-63)57(79)73-52(36-22-28-44-66)60(82)72-48(32-18-24-40-62)56(78)68-46-30-14-10-6-2-4-8-12-16-38-54(76)70-50(34-20-26-42-64)58(80)74-51(59(81)71-47)35-21-27-43-65/h47-52H,1-46,61-66H2,(H,67,77)(H,68,78)(H,69,75)(H,70,76)(H,71,81)(H,72,82)(H,73,79)(H,74,80). The molecule has 1 aliphatic heterocycles. The van der Waals surface area contributed by atoms with Crippen molar-refractivity contribution in [2.45, 2.75) is 280 Å². The largest absolute Gasteiger partial charge is 0.354 e. The Morgan fingerprint density at radius 2 is 0.439 bits per heavy atom. The van der Waals surface area contributed by atoms with Gasteiger partial charge in [-0.15, -0.1) is 0 Å². The normalized spacial score (nSPS) is 23.3. The zero-order valence-corrected chi connectivity index (χ0v) is 50.7. The van der Waals surface area contributed by atoms with E-state index in [1.165, 1.54) is 0 Å². The van der Waals surface area contributed by atoms with E-state index in [2.05, 4.69) is 42.5 Å². The second kappa shape index (κ2) is 52.1. The average molecular weight is 1160 g/mol. The highest BCUT2D eigenvalue weighted by atomic mass is 16.2. The maximum absolute atomic E-state index is 14.0. The molecule has 1 heterocycles. The van der Waals surface area contributed by atoms with E-state index in [1.54, 1.807) is 0 Å². The summed E-state index contributed by atoms with van der Waals surface area (Å²) in [5.74, 6) is -2.83. The summed E-state index contributed by atoms with van der Waals surface area (Å²) in [6, 6.07) is -5.19. The van der Waals surface area contributed by atoms with Crippen LogP contribution in [-0.4, -0.2) is 136 Å². The molecule has 0 radical (unpaired) electrons. The van der Waals surface area contributed by atoms with Crippen LogP contribution in [0.25, 0.3) is 0 Å². The van der Waals surface area contributed by atoms with Gasteiger partial charge < -0.3 is 76.9 Å². The Hall–Kier alpha value is -4.48. The first-order valence-electron chi connectivity index (χ1n) is 32.4. The second-order valence-corrected chi connectivity index (χ2v) is 22.6. The summed E-state index contributed by atoms with van der Waals surface area (Å²) in [7, 11) is 0. The Balaban J connectivity index is 3.18.